The molecule has 2 aliphatic rings. The van der Waals surface area contributed by atoms with Gasteiger partial charge in [0.05, 0.1) is 12.2 Å². The summed E-state index contributed by atoms with van der Waals surface area (Å²) in [7, 11) is 0. The summed E-state index contributed by atoms with van der Waals surface area (Å²) in [6.45, 7) is 19.1. The van der Waals surface area contributed by atoms with Gasteiger partial charge in [-0.25, -0.2) is 0 Å². The number of piperazine rings is 1. The van der Waals surface area contributed by atoms with Crippen molar-refractivity contribution >= 4 is 0 Å². The highest BCUT2D eigenvalue weighted by Gasteiger charge is 2.34. The number of ether oxygens (including phenoxy) is 1. The van der Waals surface area contributed by atoms with E-state index in [1.807, 2.05) is 0 Å². The van der Waals surface area contributed by atoms with E-state index in [0.29, 0.717) is 17.7 Å². The molecule has 0 bridgehead atoms. The van der Waals surface area contributed by atoms with Crippen molar-refractivity contribution in [2.24, 2.45) is 5.92 Å². The molecule has 2 atom stereocenters. The monoisotopic (exact) mass is 394 g/mol. The molecule has 1 aliphatic heterocycles. The van der Waals surface area contributed by atoms with E-state index in [1.54, 1.807) is 0 Å². The second-order valence-corrected chi connectivity index (χ2v) is 10.4. The molecule has 0 amide bonds. The molecule has 0 aromatic rings. The average molecular weight is 395 g/mol. The standard InChI is InChI=1S/C25H50N2O/c1-7-11-22(4)28-24-15-13-23(14-16-24)12-9-10-17-27-19-18-26(21(3)8-2)20-25(27,5)6/h21-24H,7-20H2,1-6H3/t21?,22?,23-,24-. The fourth-order valence-corrected chi connectivity index (χ4v) is 5.37. The fraction of sp³-hybridized carbons (Fsp3) is 1.00. The highest BCUT2D eigenvalue weighted by Crippen LogP contribution is 2.31. The first-order chi connectivity index (χ1) is 13.4. The molecule has 166 valence electrons. The maximum absolute atomic E-state index is 6.23. The molecule has 1 saturated carbocycles. The summed E-state index contributed by atoms with van der Waals surface area (Å²) in [5.74, 6) is 0.955. The SMILES string of the molecule is CCCC(C)O[C@H]1CC[C@H](CCCCN2CCN(C(C)CC)CC2(C)C)CC1. The Morgan fingerprint density at radius 2 is 1.71 bits per heavy atom. The Bertz CT molecular complexity index is 417. The molecular formula is C25H50N2O. The van der Waals surface area contributed by atoms with Gasteiger partial charge < -0.3 is 4.74 Å². The molecule has 0 aromatic heterocycles. The van der Waals surface area contributed by atoms with Gasteiger partial charge in [-0.15, -0.1) is 0 Å². The lowest BCUT2D eigenvalue weighted by molar-refractivity contribution is -0.0322. The molecule has 28 heavy (non-hydrogen) atoms. The van der Waals surface area contributed by atoms with E-state index in [1.165, 1.54) is 90.4 Å². The van der Waals surface area contributed by atoms with Crippen molar-refractivity contribution in [3.8, 4) is 0 Å². The molecule has 0 N–H and O–H groups in total. The number of rotatable bonds is 11. The lowest BCUT2D eigenvalue weighted by atomic mass is 9.84. The van der Waals surface area contributed by atoms with E-state index >= 15 is 0 Å². The van der Waals surface area contributed by atoms with E-state index in [0.717, 1.165) is 12.0 Å². The molecule has 3 heteroatoms. The number of hydrogen-bond acceptors (Lipinski definition) is 3. The van der Waals surface area contributed by atoms with Gasteiger partial charge in [0.15, 0.2) is 0 Å². The Labute approximate surface area is 176 Å². The molecule has 1 heterocycles. The topological polar surface area (TPSA) is 15.7 Å². The van der Waals surface area contributed by atoms with Gasteiger partial charge in [-0.2, -0.15) is 0 Å². The van der Waals surface area contributed by atoms with Crippen molar-refractivity contribution in [1.29, 1.82) is 0 Å². The summed E-state index contributed by atoms with van der Waals surface area (Å²) in [5, 5.41) is 0. The molecule has 0 spiro atoms. The van der Waals surface area contributed by atoms with E-state index in [9.17, 15) is 0 Å². The summed E-state index contributed by atoms with van der Waals surface area (Å²) in [6.07, 6.45) is 14.3. The van der Waals surface area contributed by atoms with Crippen LogP contribution < -0.4 is 0 Å². The summed E-state index contributed by atoms with van der Waals surface area (Å²) in [6, 6.07) is 0.727. The van der Waals surface area contributed by atoms with Crippen molar-refractivity contribution in [3.63, 3.8) is 0 Å². The predicted octanol–water partition coefficient (Wildman–Crippen LogP) is 6.12. The third-order valence-corrected chi connectivity index (χ3v) is 7.52. The Hall–Kier alpha value is -0.120. The zero-order valence-electron chi connectivity index (χ0n) is 20.0. The smallest absolute Gasteiger partial charge is 0.0579 e. The van der Waals surface area contributed by atoms with Crippen LogP contribution in [0.25, 0.3) is 0 Å². The number of hydrogen-bond donors (Lipinski definition) is 0. The van der Waals surface area contributed by atoms with E-state index in [-0.39, 0.29) is 0 Å². The van der Waals surface area contributed by atoms with Crippen LogP contribution >= 0.6 is 0 Å². The first kappa shape index (κ1) is 24.2. The van der Waals surface area contributed by atoms with Crippen LogP contribution in [0.1, 0.15) is 106 Å². The van der Waals surface area contributed by atoms with Crippen LogP contribution in [-0.2, 0) is 4.74 Å². The molecule has 0 radical (unpaired) electrons. The molecule has 0 aromatic carbocycles. The minimum absolute atomic E-state index is 0.326. The van der Waals surface area contributed by atoms with Gasteiger partial charge in [0.2, 0.25) is 0 Å². The van der Waals surface area contributed by atoms with Crippen LogP contribution in [0.15, 0.2) is 0 Å². The second kappa shape index (κ2) is 11.9. The predicted molar refractivity (Wildman–Crippen MR) is 122 cm³/mol. The first-order valence-corrected chi connectivity index (χ1v) is 12.5. The van der Waals surface area contributed by atoms with Crippen LogP contribution in [0.3, 0.4) is 0 Å². The Morgan fingerprint density at radius 3 is 2.32 bits per heavy atom. The van der Waals surface area contributed by atoms with Gasteiger partial charge in [0.25, 0.3) is 0 Å². The fourth-order valence-electron chi connectivity index (χ4n) is 5.37. The highest BCUT2D eigenvalue weighted by molar-refractivity contribution is 4.91. The van der Waals surface area contributed by atoms with Crippen LogP contribution in [0, 0.1) is 5.92 Å². The first-order valence-electron chi connectivity index (χ1n) is 12.5. The Kier molecular flexibility index (Phi) is 10.3. The van der Waals surface area contributed by atoms with Gasteiger partial charge in [-0.3, -0.25) is 9.80 Å². The second-order valence-electron chi connectivity index (χ2n) is 10.4. The average Bonchev–Trinajstić information content (AvgIpc) is 2.66. The zero-order chi connectivity index (χ0) is 20.6. The molecule has 1 aliphatic carbocycles. The molecule has 2 unspecified atom stereocenters. The molecule has 3 nitrogen and oxygen atoms in total. The van der Waals surface area contributed by atoms with Crippen molar-refractivity contribution in [2.45, 2.75) is 130 Å². The largest absolute Gasteiger partial charge is 0.375 e. The van der Waals surface area contributed by atoms with E-state index in [2.05, 4.69) is 51.3 Å². The third kappa shape index (κ3) is 7.61. The van der Waals surface area contributed by atoms with Crippen LogP contribution in [0.2, 0.25) is 0 Å². The summed E-state index contributed by atoms with van der Waals surface area (Å²) < 4.78 is 6.23. The minimum Gasteiger partial charge on any atom is -0.375 e. The van der Waals surface area contributed by atoms with Gasteiger partial charge in [-0.1, -0.05) is 33.1 Å². The summed E-state index contributed by atoms with van der Waals surface area (Å²) in [4.78, 5) is 5.45. The van der Waals surface area contributed by atoms with Gasteiger partial charge in [-0.05, 0) is 85.1 Å². The molecular weight excluding hydrogens is 344 g/mol. The quantitative estimate of drug-likeness (QED) is 0.393. The molecule has 1 saturated heterocycles. The number of nitrogens with zero attached hydrogens (tertiary/aromatic N) is 2. The minimum atomic E-state index is 0.326. The molecule has 2 rings (SSSR count). The van der Waals surface area contributed by atoms with Gasteiger partial charge in [0, 0.05) is 31.2 Å². The van der Waals surface area contributed by atoms with E-state index in [4.69, 9.17) is 4.74 Å². The summed E-state index contributed by atoms with van der Waals surface area (Å²) >= 11 is 0. The van der Waals surface area contributed by atoms with Gasteiger partial charge in [0.1, 0.15) is 0 Å². The van der Waals surface area contributed by atoms with Crippen molar-refractivity contribution in [1.82, 2.24) is 9.80 Å². The van der Waals surface area contributed by atoms with Gasteiger partial charge >= 0.3 is 0 Å². The van der Waals surface area contributed by atoms with Crippen molar-refractivity contribution in [3.05, 3.63) is 0 Å². The van der Waals surface area contributed by atoms with Crippen molar-refractivity contribution in [2.75, 3.05) is 26.2 Å². The zero-order valence-corrected chi connectivity index (χ0v) is 20.0. The normalized spacial score (nSPS) is 28.9. The highest BCUT2D eigenvalue weighted by atomic mass is 16.5. The Balaban J connectivity index is 1.59. The number of unbranched alkanes of at least 4 members (excludes halogenated alkanes) is 1. The van der Waals surface area contributed by atoms with Crippen LogP contribution in [0.5, 0.6) is 0 Å². The van der Waals surface area contributed by atoms with Crippen LogP contribution in [-0.4, -0.2) is 59.8 Å². The molecule has 2 fully saturated rings. The lowest BCUT2D eigenvalue weighted by Gasteiger charge is -2.49. The van der Waals surface area contributed by atoms with Crippen molar-refractivity contribution < 1.29 is 4.74 Å². The van der Waals surface area contributed by atoms with Crippen LogP contribution in [0.4, 0.5) is 0 Å². The Morgan fingerprint density at radius 1 is 1.00 bits per heavy atom. The maximum atomic E-state index is 6.23. The van der Waals surface area contributed by atoms with E-state index < -0.39 is 0 Å². The maximum Gasteiger partial charge on any atom is 0.0579 e. The third-order valence-electron chi connectivity index (χ3n) is 7.52. The summed E-state index contributed by atoms with van der Waals surface area (Å²) in [5.41, 5.74) is 0.326. The lowest BCUT2D eigenvalue weighted by Crippen LogP contribution is -2.60.